The third-order valence-corrected chi connectivity index (χ3v) is 8.85. The van der Waals surface area contributed by atoms with Crippen LogP contribution >= 0.6 is 0 Å². The van der Waals surface area contributed by atoms with Gasteiger partial charge in [-0.2, -0.15) is 4.31 Å². The first kappa shape index (κ1) is 25.8. The fraction of sp³-hybridized carbons (Fsp3) is 0.423. The van der Waals surface area contributed by atoms with Gasteiger partial charge in [0.2, 0.25) is 15.9 Å². The Morgan fingerprint density at radius 3 is 2.36 bits per heavy atom. The zero-order valence-corrected chi connectivity index (χ0v) is 21.6. The number of piperidine rings is 1. The molecule has 2 aliphatic heterocycles. The summed E-state index contributed by atoms with van der Waals surface area (Å²) in [6.45, 7) is 10.1. The third kappa shape index (κ3) is 5.60. The predicted octanol–water partition coefficient (Wildman–Crippen LogP) is 2.20. The molecule has 1 aromatic heterocycles. The highest BCUT2D eigenvalue weighted by Gasteiger charge is 2.35. The third-order valence-electron chi connectivity index (χ3n) is 6.82. The van der Waals surface area contributed by atoms with Gasteiger partial charge < -0.3 is 15.1 Å². The SMILES string of the molecule is C=CC(=O)NC1CCN(S(=O)(=O)c2ccc(C(=O)N3CCN(c4cccc(C)n4)CC3)cc2)C(C)C1. The van der Waals surface area contributed by atoms with Gasteiger partial charge in [0.25, 0.3) is 5.91 Å². The molecule has 1 N–H and O–H groups in total. The monoisotopic (exact) mass is 511 g/mol. The number of nitrogens with one attached hydrogen (secondary N) is 1. The highest BCUT2D eigenvalue weighted by Crippen LogP contribution is 2.26. The summed E-state index contributed by atoms with van der Waals surface area (Å²) in [6.07, 6.45) is 2.28. The predicted molar refractivity (Wildman–Crippen MR) is 138 cm³/mol. The molecule has 4 rings (SSSR count). The van der Waals surface area contributed by atoms with E-state index in [1.54, 1.807) is 17.0 Å². The van der Waals surface area contributed by atoms with E-state index in [4.69, 9.17) is 0 Å². The van der Waals surface area contributed by atoms with Gasteiger partial charge in [-0.25, -0.2) is 13.4 Å². The summed E-state index contributed by atoms with van der Waals surface area (Å²) in [5, 5.41) is 2.85. The van der Waals surface area contributed by atoms with Crippen molar-refractivity contribution in [2.45, 2.75) is 43.7 Å². The lowest BCUT2D eigenvalue weighted by Gasteiger charge is -2.37. The molecule has 10 heteroatoms. The van der Waals surface area contributed by atoms with Gasteiger partial charge in [-0.3, -0.25) is 9.59 Å². The van der Waals surface area contributed by atoms with Crippen LogP contribution in [0.25, 0.3) is 0 Å². The van der Waals surface area contributed by atoms with Crippen molar-refractivity contribution in [2.75, 3.05) is 37.6 Å². The van der Waals surface area contributed by atoms with Crippen LogP contribution in [0, 0.1) is 6.92 Å². The first-order valence-corrected chi connectivity index (χ1v) is 13.7. The molecule has 0 spiro atoms. The van der Waals surface area contributed by atoms with Crippen molar-refractivity contribution in [3.63, 3.8) is 0 Å². The number of sulfonamides is 1. The minimum absolute atomic E-state index is 0.0842. The normalized spacial score (nSPS) is 21.2. The van der Waals surface area contributed by atoms with E-state index >= 15 is 0 Å². The lowest BCUT2D eigenvalue weighted by molar-refractivity contribution is -0.117. The van der Waals surface area contributed by atoms with Gasteiger partial charge in [-0.05, 0) is 69.2 Å². The average Bonchev–Trinajstić information content (AvgIpc) is 2.88. The van der Waals surface area contributed by atoms with E-state index < -0.39 is 10.0 Å². The molecule has 192 valence electrons. The molecule has 3 heterocycles. The van der Waals surface area contributed by atoms with E-state index in [0.29, 0.717) is 51.1 Å². The molecule has 0 aliphatic carbocycles. The summed E-state index contributed by atoms with van der Waals surface area (Å²) in [4.78, 5) is 33.3. The minimum Gasteiger partial charge on any atom is -0.353 e. The summed E-state index contributed by atoms with van der Waals surface area (Å²) in [6, 6.07) is 11.8. The molecule has 0 bridgehead atoms. The molecule has 2 fully saturated rings. The van der Waals surface area contributed by atoms with E-state index in [1.807, 2.05) is 32.0 Å². The van der Waals surface area contributed by atoms with Crippen LogP contribution in [0.1, 0.15) is 35.8 Å². The second-order valence-electron chi connectivity index (χ2n) is 9.34. The van der Waals surface area contributed by atoms with Crippen LogP contribution < -0.4 is 10.2 Å². The number of aryl methyl sites for hydroxylation is 1. The summed E-state index contributed by atoms with van der Waals surface area (Å²) in [5.74, 6) is 0.554. The van der Waals surface area contributed by atoms with E-state index in [1.165, 1.54) is 22.5 Å². The average molecular weight is 512 g/mol. The number of anilines is 1. The largest absolute Gasteiger partial charge is 0.353 e. The zero-order chi connectivity index (χ0) is 25.9. The second kappa shape index (κ2) is 10.8. The number of benzene rings is 1. The van der Waals surface area contributed by atoms with Gasteiger partial charge in [0.1, 0.15) is 5.82 Å². The minimum atomic E-state index is -3.72. The van der Waals surface area contributed by atoms with Crippen molar-refractivity contribution < 1.29 is 18.0 Å². The summed E-state index contributed by atoms with van der Waals surface area (Å²) < 4.78 is 28.0. The number of carbonyl (C=O) groups excluding carboxylic acids is 2. The van der Waals surface area contributed by atoms with Gasteiger partial charge in [-0.1, -0.05) is 12.6 Å². The Kier molecular flexibility index (Phi) is 7.75. The maximum Gasteiger partial charge on any atom is 0.253 e. The lowest BCUT2D eigenvalue weighted by atomic mass is 10.0. The highest BCUT2D eigenvalue weighted by atomic mass is 32.2. The van der Waals surface area contributed by atoms with Gasteiger partial charge >= 0.3 is 0 Å². The summed E-state index contributed by atoms with van der Waals surface area (Å²) >= 11 is 0. The lowest BCUT2D eigenvalue weighted by Crippen LogP contribution is -2.50. The van der Waals surface area contributed by atoms with Gasteiger partial charge in [0, 0.05) is 56.1 Å². The molecule has 2 aromatic rings. The smallest absolute Gasteiger partial charge is 0.253 e. The van der Waals surface area contributed by atoms with E-state index in [2.05, 4.69) is 21.8 Å². The Labute approximate surface area is 212 Å². The van der Waals surface area contributed by atoms with Crippen molar-refractivity contribution in [3.05, 3.63) is 66.4 Å². The Balaban J connectivity index is 1.37. The number of carbonyl (C=O) groups is 2. The highest BCUT2D eigenvalue weighted by molar-refractivity contribution is 7.89. The molecule has 2 saturated heterocycles. The quantitative estimate of drug-likeness (QED) is 0.597. The molecular weight excluding hydrogens is 478 g/mol. The molecule has 36 heavy (non-hydrogen) atoms. The van der Waals surface area contributed by atoms with Crippen molar-refractivity contribution in [1.82, 2.24) is 19.5 Å². The first-order chi connectivity index (χ1) is 17.2. The Morgan fingerprint density at radius 1 is 1.06 bits per heavy atom. The Morgan fingerprint density at radius 2 is 1.75 bits per heavy atom. The van der Waals surface area contributed by atoms with Gasteiger partial charge in [0.05, 0.1) is 4.90 Å². The number of piperazine rings is 1. The van der Waals surface area contributed by atoms with E-state index in [0.717, 1.165) is 11.5 Å². The number of rotatable bonds is 6. The fourth-order valence-corrected chi connectivity index (χ4v) is 6.49. The molecule has 2 aliphatic rings. The first-order valence-electron chi connectivity index (χ1n) is 12.2. The van der Waals surface area contributed by atoms with Crippen LogP contribution in [0.3, 0.4) is 0 Å². The Hall–Kier alpha value is -3.24. The number of pyridine rings is 1. The van der Waals surface area contributed by atoms with E-state index in [-0.39, 0.29) is 28.8 Å². The molecule has 2 amide bonds. The fourth-order valence-electron chi connectivity index (χ4n) is 4.83. The maximum atomic E-state index is 13.3. The van der Waals surface area contributed by atoms with Crippen molar-refractivity contribution in [1.29, 1.82) is 0 Å². The number of nitrogens with zero attached hydrogens (tertiary/aromatic N) is 4. The van der Waals surface area contributed by atoms with Crippen molar-refractivity contribution in [3.8, 4) is 0 Å². The molecule has 2 atom stereocenters. The van der Waals surface area contributed by atoms with Crippen LogP contribution in [-0.4, -0.2) is 79.2 Å². The van der Waals surface area contributed by atoms with Crippen LogP contribution in [0.5, 0.6) is 0 Å². The molecule has 0 saturated carbocycles. The van der Waals surface area contributed by atoms with Crippen molar-refractivity contribution in [2.24, 2.45) is 0 Å². The molecule has 0 radical (unpaired) electrons. The molecule has 9 nitrogen and oxygen atoms in total. The molecule has 1 aromatic carbocycles. The second-order valence-corrected chi connectivity index (χ2v) is 11.2. The standard InChI is InChI=1S/C26H33N5O4S/c1-4-25(32)28-22-12-13-31(20(3)18-22)36(34,35)23-10-8-21(9-11-23)26(33)30-16-14-29(15-17-30)24-7-5-6-19(2)27-24/h4-11,20,22H,1,12-18H2,2-3H3,(H,28,32). The van der Waals surface area contributed by atoms with Crippen LogP contribution in [0.4, 0.5) is 5.82 Å². The zero-order valence-electron chi connectivity index (χ0n) is 20.8. The molecule has 2 unspecified atom stereocenters. The Bertz CT molecular complexity index is 1220. The topological polar surface area (TPSA) is 103 Å². The molecular formula is C26H33N5O4S. The van der Waals surface area contributed by atoms with Gasteiger partial charge in [0.15, 0.2) is 0 Å². The number of hydrogen-bond donors (Lipinski definition) is 1. The van der Waals surface area contributed by atoms with E-state index in [9.17, 15) is 18.0 Å². The number of aromatic nitrogens is 1. The van der Waals surface area contributed by atoms with Crippen LogP contribution in [0.2, 0.25) is 0 Å². The summed E-state index contributed by atoms with van der Waals surface area (Å²) in [5.41, 5.74) is 1.43. The van der Waals surface area contributed by atoms with Crippen LogP contribution in [0.15, 0.2) is 60.0 Å². The maximum absolute atomic E-state index is 13.3. The van der Waals surface area contributed by atoms with Gasteiger partial charge in [-0.15, -0.1) is 0 Å². The number of hydrogen-bond acceptors (Lipinski definition) is 6. The summed E-state index contributed by atoms with van der Waals surface area (Å²) in [7, 11) is -3.72. The van der Waals surface area contributed by atoms with Crippen LogP contribution in [-0.2, 0) is 14.8 Å². The van der Waals surface area contributed by atoms with Crippen molar-refractivity contribution >= 4 is 27.7 Å². The number of amides is 2.